The van der Waals surface area contributed by atoms with E-state index in [-0.39, 0.29) is 22.4 Å². The van der Waals surface area contributed by atoms with Gasteiger partial charge in [-0.3, -0.25) is 19.8 Å². The molecule has 32 heavy (non-hydrogen) atoms. The van der Waals surface area contributed by atoms with Crippen molar-refractivity contribution in [3.63, 3.8) is 0 Å². The monoisotopic (exact) mass is 482 g/mol. The second-order valence-electron chi connectivity index (χ2n) is 6.80. The van der Waals surface area contributed by atoms with E-state index in [2.05, 4.69) is 17.0 Å². The van der Waals surface area contributed by atoms with Crippen molar-refractivity contribution in [3.05, 3.63) is 88.6 Å². The zero-order chi connectivity index (χ0) is 22.8. The van der Waals surface area contributed by atoms with Gasteiger partial charge in [0.15, 0.2) is 5.11 Å². The van der Waals surface area contributed by atoms with Gasteiger partial charge in [-0.05, 0) is 36.5 Å². The lowest BCUT2D eigenvalue weighted by Gasteiger charge is -2.27. The standard InChI is InChI=1S/C23H16Cl2N4O2S/c1-2-12-28-22(31)17(21(30)26-23(28)32)13-16-19(15-10-6-7-11-18(15)24)27-29(20(16)25)14-8-4-3-5-9-14/h2-11,13H,1,12H2,(H,26,30,32)/b17-13+. The second kappa shape index (κ2) is 9.08. The summed E-state index contributed by atoms with van der Waals surface area (Å²) in [7, 11) is 0. The molecule has 1 aromatic heterocycles. The smallest absolute Gasteiger partial charge is 0.265 e. The molecule has 1 fully saturated rings. The Balaban J connectivity index is 1.93. The topological polar surface area (TPSA) is 67.2 Å². The Morgan fingerprint density at radius 1 is 1.06 bits per heavy atom. The first-order valence-corrected chi connectivity index (χ1v) is 10.7. The number of halogens is 2. The van der Waals surface area contributed by atoms with Gasteiger partial charge in [-0.15, -0.1) is 6.58 Å². The Bertz CT molecular complexity index is 1280. The van der Waals surface area contributed by atoms with E-state index < -0.39 is 11.8 Å². The van der Waals surface area contributed by atoms with Crippen LogP contribution in [0.2, 0.25) is 10.2 Å². The maximum atomic E-state index is 13.0. The number of amides is 2. The molecule has 2 aromatic carbocycles. The Labute approximate surface area is 199 Å². The molecule has 4 rings (SSSR count). The molecule has 2 amide bonds. The minimum Gasteiger partial charge on any atom is -0.298 e. The van der Waals surface area contributed by atoms with Crippen LogP contribution in [0.25, 0.3) is 23.0 Å². The number of hydrogen-bond acceptors (Lipinski definition) is 4. The average molecular weight is 483 g/mol. The van der Waals surface area contributed by atoms with Crippen molar-refractivity contribution in [2.75, 3.05) is 6.54 Å². The number of nitrogens with one attached hydrogen (secondary N) is 1. The van der Waals surface area contributed by atoms with Crippen LogP contribution in [-0.4, -0.2) is 38.2 Å². The fourth-order valence-corrected chi connectivity index (χ4v) is 4.02. The SMILES string of the molecule is C=CCN1C(=O)/C(=C/c2c(-c3ccccc3Cl)nn(-c3ccccc3)c2Cl)C(=O)NC1=S. The van der Waals surface area contributed by atoms with Gasteiger partial charge in [0.05, 0.1) is 10.7 Å². The Kier molecular flexibility index (Phi) is 6.23. The van der Waals surface area contributed by atoms with E-state index in [1.54, 1.807) is 18.2 Å². The minimum absolute atomic E-state index is 0.0226. The van der Waals surface area contributed by atoms with Crippen LogP contribution in [0, 0.1) is 0 Å². The highest BCUT2D eigenvalue weighted by molar-refractivity contribution is 7.80. The second-order valence-corrected chi connectivity index (χ2v) is 7.95. The van der Waals surface area contributed by atoms with Gasteiger partial charge in [-0.2, -0.15) is 5.10 Å². The van der Waals surface area contributed by atoms with E-state index in [0.717, 1.165) is 0 Å². The zero-order valence-electron chi connectivity index (χ0n) is 16.6. The molecule has 1 N–H and O–H groups in total. The fourth-order valence-electron chi connectivity index (χ4n) is 3.26. The molecular formula is C23H16Cl2N4O2S. The molecule has 0 radical (unpaired) electrons. The number of rotatable bonds is 5. The van der Waals surface area contributed by atoms with Crippen LogP contribution in [0.3, 0.4) is 0 Å². The molecule has 9 heteroatoms. The third-order valence-corrected chi connectivity index (χ3v) is 5.79. The first-order valence-electron chi connectivity index (χ1n) is 9.51. The molecule has 0 unspecified atom stereocenters. The van der Waals surface area contributed by atoms with Crippen molar-refractivity contribution in [3.8, 4) is 16.9 Å². The van der Waals surface area contributed by atoms with E-state index in [9.17, 15) is 9.59 Å². The van der Waals surface area contributed by atoms with Crippen molar-refractivity contribution in [2.45, 2.75) is 0 Å². The summed E-state index contributed by atoms with van der Waals surface area (Å²) in [4.78, 5) is 26.9. The average Bonchev–Trinajstić information content (AvgIpc) is 3.11. The molecule has 0 spiro atoms. The molecule has 0 aliphatic carbocycles. The Hall–Kier alpha value is -3.26. The van der Waals surface area contributed by atoms with Gasteiger partial charge in [0.2, 0.25) is 0 Å². The van der Waals surface area contributed by atoms with E-state index in [0.29, 0.717) is 27.5 Å². The molecule has 6 nitrogen and oxygen atoms in total. The maximum absolute atomic E-state index is 13.0. The van der Waals surface area contributed by atoms with Gasteiger partial charge < -0.3 is 0 Å². The van der Waals surface area contributed by atoms with E-state index in [1.807, 2.05) is 36.4 Å². The van der Waals surface area contributed by atoms with Crippen LogP contribution in [0.4, 0.5) is 0 Å². The van der Waals surface area contributed by atoms with Crippen molar-refractivity contribution >= 4 is 58.4 Å². The Morgan fingerprint density at radius 3 is 2.44 bits per heavy atom. The lowest BCUT2D eigenvalue weighted by molar-refractivity contribution is -0.128. The van der Waals surface area contributed by atoms with Crippen molar-refractivity contribution in [2.24, 2.45) is 0 Å². The van der Waals surface area contributed by atoms with Crippen LogP contribution in [-0.2, 0) is 9.59 Å². The third-order valence-electron chi connectivity index (χ3n) is 4.78. The third kappa shape index (κ3) is 3.98. The first-order chi connectivity index (χ1) is 15.4. The molecule has 160 valence electrons. The van der Waals surface area contributed by atoms with Crippen LogP contribution in [0.5, 0.6) is 0 Å². The summed E-state index contributed by atoms with van der Waals surface area (Å²) in [6.07, 6.45) is 2.94. The van der Waals surface area contributed by atoms with E-state index >= 15 is 0 Å². The van der Waals surface area contributed by atoms with Crippen LogP contribution in [0.15, 0.2) is 72.8 Å². The van der Waals surface area contributed by atoms with E-state index in [4.69, 9.17) is 35.4 Å². The van der Waals surface area contributed by atoms with Gasteiger partial charge in [0.1, 0.15) is 16.4 Å². The Morgan fingerprint density at radius 2 is 1.75 bits per heavy atom. The quantitative estimate of drug-likeness (QED) is 0.248. The lowest BCUT2D eigenvalue weighted by atomic mass is 10.0. The fraction of sp³-hybridized carbons (Fsp3) is 0.0435. The van der Waals surface area contributed by atoms with Gasteiger partial charge in [0, 0.05) is 17.7 Å². The van der Waals surface area contributed by atoms with Crippen LogP contribution < -0.4 is 5.32 Å². The summed E-state index contributed by atoms with van der Waals surface area (Å²) in [5.41, 5.74) is 2.02. The zero-order valence-corrected chi connectivity index (χ0v) is 18.9. The van der Waals surface area contributed by atoms with Gasteiger partial charge in [0.25, 0.3) is 11.8 Å². The summed E-state index contributed by atoms with van der Waals surface area (Å²) < 4.78 is 1.53. The van der Waals surface area contributed by atoms with Crippen molar-refractivity contribution in [1.82, 2.24) is 20.0 Å². The number of para-hydroxylation sites is 1. The molecule has 1 aliphatic heterocycles. The largest absolute Gasteiger partial charge is 0.298 e. The molecule has 0 atom stereocenters. The molecule has 0 bridgehead atoms. The van der Waals surface area contributed by atoms with E-state index in [1.165, 1.54) is 21.7 Å². The molecular weight excluding hydrogens is 467 g/mol. The van der Waals surface area contributed by atoms with Gasteiger partial charge >= 0.3 is 0 Å². The number of aromatic nitrogens is 2. The molecule has 1 saturated heterocycles. The lowest BCUT2D eigenvalue weighted by Crippen LogP contribution is -2.53. The first kappa shape index (κ1) is 22.0. The molecule has 0 saturated carbocycles. The van der Waals surface area contributed by atoms with Crippen molar-refractivity contribution in [1.29, 1.82) is 0 Å². The number of carbonyl (C=O) groups excluding carboxylic acids is 2. The number of carbonyl (C=O) groups is 2. The number of thiocarbonyl (C=S) groups is 1. The van der Waals surface area contributed by atoms with Crippen LogP contribution >= 0.6 is 35.4 Å². The van der Waals surface area contributed by atoms with Gasteiger partial charge in [-0.25, -0.2) is 4.68 Å². The highest BCUT2D eigenvalue weighted by Crippen LogP contribution is 2.36. The molecule has 2 heterocycles. The maximum Gasteiger partial charge on any atom is 0.265 e. The predicted molar refractivity (Wildman–Crippen MR) is 130 cm³/mol. The van der Waals surface area contributed by atoms with Gasteiger partial charge in [-0.1, -0.05) is 65.7 Å². The summed E-state index contributed by atoms with van der Waals surface area (Å²) in [5, 5.41) is 7.88. The molecule has 1 aliphatic rings. The van der Waals surface area contributed by atoms with Crippen molar-refractivity contribution < 1.29 is 9.59 Å². The number of nitrogens with zero attached hydrogens (tertiary/aromatic N) is 3. The normalized spacial score (nSPS) is 15.2. The number of benzene rings is 2. The number of hydrogen-bond donors (Lipinski definition) is 1. The predicted octanol–water partition coefficient (Wildman–Crippen LogP) is 4.66. The summed E-state index contributed by atoms with van der Waals surface area (Å²) in [5.74, 6) is -1.17. The minimum atomic E-state index is -0.617. The summed E-state index contributed by atoms with van der Waals surface area (Å²) in [6.45, 7) is 3.79. The molecule has 3 aromatic rings. The summed E-state index contributed by atoms with van der Waals surface area (Å²) in [6, 6.07) is 16.4. The highest BCUT2D eigenvalue weighted by atomic mass is 35.5. The summed E-state index contributed by atoms with van der Waals surface area (Å²) >= 11 is 18.3. The van der Waals surface area contributed by atoms with Crippen LogP contribution in [0.1, 0.15) is 5.56 Å². The highest BCUT2D eigenvalue weighted by Gasteiger charge is 2.33.